The van der Waals surface area contributed by atoms with Crippen molar-refractivity contribution in [1.29, 1.82) is 0 Å². The Morgan fingerprint density at radius 1 is 1.15 bits per heavy atom. The molecule has 7 heteroatoms. The number of imide groups is 1. The van der Waals surface area contributed by atoms with Crippen LogP contribution in [-0.2, 0) is 14.3 Å². The van der Waals surface area contributed by atoms with E-state index in [1.54, 1.807) is 24.3 Å². The van der Waals surface area contributed by atoms with E-state index in [1.807, 2.05) is 0 Å². The van der Waals surface area contributed by atoms with Crippen LogP contribution in [0.15, 0.2) is 24.3 Å². The number of carbonyl (C=O) groups excluding carboxylic acids is 3. The average Bonchev–Trinajstić information content (AvgIpc) is 2.91. The van der Waals surface area contributed by atoms with Gasteiger partial charge in [0.05, 0.1) is 31.1 Å². The highest BCUT2D eigenvalue weighted by Crippen LogP contribution is 2.37. The number of hydrogen-bond donors (Lipinski definition) is 1. The van der Waals surface area contributed by atoms with Crippen LogP contribution in [0.3, 0.4) is 0 Å². The minimum atomic E-state index is -0.969. The molecule has 1 aliphatic heterocycles. The molecule has 0 bridgehead atoms. The number of benzene rings is 1. The van der Waals surface area contributed by atoms with Crippen molar-refractivity contribution < 1.29 is 29.0 Å². The zero-order chi connectivity index (χ0) is 18.7. The van der Waals surface area contributed by atoms with E-state index >= 15 is 0 Å². The molecule has 1 N–H and O–H groups in total. The summed E-state index contributed by atoms with van der Waals surface area (Å²) in [4.78, 5) is 37.4. The Kier molecular flexibility index (Phi) is 5.56. The fourth-order valence-corrected chi connectivity index (χ4v) is 3.67. The largest absolute Gasteiger partial charge is 0.491 e. The maximum absolute atomic E-state index is 12.4. The summed E-state index contributed by atoms with van der Waals surface area (Å²) in [7, 11) is 1.31. The molecule has 140 valence electrons. The van der Waals surface area contributed by atoms with Crippen molar-refractivity contribution in [3.8, 4) is 5.75 Å². The van der Waals surface area contributed by atoms with Gasteiger partial charge in [-0.15, -0.1) is 0 Å². The fraction of sp³-hybridized carbons (Fsp3) is 0.526. The Bertz CT molecular complexity index is 662. The number of aliphatic hydroxyl groups is 1. The Labute approximate surface area is 151 Å². The summed E-state index contributed by atoms with van der Waals surface area (Å²) in [5.41, 5.74) is 0.399. The van der Waals surface area contributed by atoms with Crippen molar-refractivity contribution in [1.82, 2.24) is 4.90 Å². The lowest BCUT2D eigenvalue weighted by atomic mass is 9.81. The molecule has 0 radical (unpaired) electrons. The van der Waals surface area contributed by atoms with Gasteiger partial charge in [-0.3, -0.25) is 14.5 Å². The second-order valence-electron chi connectivity index (χ2n) is 6.77. The van der Waals surface area contributed by atoms with E-state index in [9.17, 15) is 19.5 Å². The van der Waals surface area contributed by atoms with Crippen molar-refractivity contribution in [2.45, 2.75) is 31.8 Å². The van der Waals surface area contributed by atoms with Gasteiger partial charge >= 0.3 is 5.97 Å². The van der Waals surface area contributed by atoms with E-state index < -0.39 is 12.1 Å². The van der Waals surface area contributed by atoms with Crippen molar-refractivity contribution in [2.24, 2.45) is 11.8 Å². The summed E-state index contributed by atoms with van der Waals surface area (Å²) in [6.45, 7) is -0.102. The van der Waals surface area contributed by atoms with Crippen molar-refractivity contribution >= 4 is 17.8 Å². The standard InChI is InChI=1S/C19H23NO6/c1-25-19(24)12-6-8-14(9-7-12)26-11-13(21)10-20-17(22)15-4-2-3-5-16(15)18(20)23/h6-9,13,15-16,21H,2-5,10-11H2,1H3/t13-,15-,16+/m1/s1. The number of ether oxygens (including phenoxy) is 2. The molecule has 1 heterocycles. The number of amides is 2. The maximum atomic E-state index is 12.4. The first-order chi connectivity index (χ1) is 12.5. The number of hydrogen-bond acceptors (Lipinski definition) is 6. The number of carbonyl (C=O) groups is 3. The van der Waals surface area contributed by atoms with Gasteiger partial charge in [-0.1, -0.05) is 12.8 Å². The first kappa shape index (κ1) is 18.4. The molecular weight excluding hydrogens is 338 g/mol. The van der Waals surface area contributed by atoms with Crippen LogP contribution in [0, 0.1) is 11.8 Å². The second-order valence-corrected chi connectivity index (χ2v) is 6.77. The van der Waals surface area contributed by atoms with Gasteiger partial charge in [0, 0.05) is 0 Å². The second kappa shape index (κ2) is 7.86. The third-order valence-corrected chi connectivity index (χ3v) is 5.04. The highest BCUT2D eigenvalue weighted by Gasteiger charge is 2.48. The van der Waals surface area contributed by atoms with Gasteiger partial charge in [-0.05, 0) is 37.1 Å². The van der Waals surface area contributed by atoms with E-state index in [4.69, 9.17) is 4.74 Å². The number of nitrogens with zero attached hydrogens (tertiary/aromatic N) is 1. The molecule has 0 unspecified atom stereocenters. The Hall–Kier alpha value is -2.41. The SMILES string of the molecule is COC(=O)c1ccc(OC[C@H](O)CN2C(=O)[C@H]3CCCC[C@H]3C2=O)cc1. The van der Waals surface area contributed by atoms with Crippen LogP contribution in [0.25, 0.3) is 0 Å². The number of aliphatic hydroxyl groups excluding tert-OH is 1. The van der Waals surface area contributed by atoms with Crippen LogP contribution in [0.1, 0.15) is 36.0 Å². The van der Waals surface area contributed by atoms with Gasteiger partial charge < -0.3 is 14.6 Å². The topological polar surface area (TPSA) is 93.1 Å². The average molecular weight is 361 g/mol. The number of rotatable bonds is 6. The molecule has 2 aliphatic rings. The predicted molar refractivity (Wildman–Crippen MR) is 91.5 cm³/mol. The van der Waals surface area contributed by atoms with Crippen LogP contribution in [-0.4, -0.2) is 54.2 Å². The van der Waals surface area contributed by atoms with Crippen LogP contribution in [0.4, 0.5) is 0 Å². The lowest BCUT2D eigenvalue weighted by Gasteiger charge is -2.19. The third kappa shape index (κ3) is 3.72. The van der Waals surface area contributed by atoms with Gasteiger partial charge in [0.15, 0.2) is 0 Å². The van der Waals surface area contributed by atoms with Crippen LogP contribution in [0.5, 0.6) is 5.75 Å². The minimum absolute atomic E-state index is 0.0507. The minimum Gasteiger partial charge on any atom is -0.491 e. The number of β-amino-alcohol motifs (C(OH)–C–C–N with tert-alkyl or cyclic N) is 1. The van der Waals surface area contributed by atoms with Gasteiger partial charge in [-0.25, -0.2) is 4.79 Å². The highest BCUT2D eigenvalue weighted by atomic mass is 16.5. The molecule has 1 aromatic rings. The zero-order valence-electron chi connectivity index (χ0n) is 14.7. The highest BCUT2D eigenvalue weighted by molar-refractivity contribution is 6.05. The monoisotopic (exact) mass is 361 g/mol. The molecule has 3 atom stereocenters. The molecule has 3 rings (SSSR count). The molecule has 2 amide bonds. The van der Waals surface area contributed by atoms with E-state index in [0.717, 1.165) is 25.7 Å². The van der Waals surface area contributed by atoms with E-state index in [-0.39, 0.29) is 36.8 Å². The normalized spacial score (nSPS) is 23.5. The smallest absolute Gasteiger partial charge is 0.337 e. The molecule has 26 heavy (non-hydrogen) atoms. The maximum Gasteiger partial charge on any atom is 0.337 e. The van der Waals surface area contributed by atoms with Crippen molar-refractivity contribution in [3.05, 3.63) is 29.8 Å². The lowest BCUT2D eigenvalue weighted by Crippen LogP contribution is -2.40. The van der Waals surface area contributed by atoms with Gasteiger partial charge in [-0.2, -0.15) is 0 Å². The summed E-state index contributed by atoms with van der Waals surface area (Å²) >= 11 is 0. The number of likely N-dealkylation sites (tertiary alicyclic amines) is 1. The zero-order valence-corrected chi connectivity index (χ0v) is 14.7. The summed E-state index contributed by atoms with van der Waals surface area (Å²) in [5, 5.41) is 10.2. The number of methoxy groups -OCH3 is 1. The first-order valence-corrected chi connectivity index (χ1v) is 8.85. The summed E-state index contributed by atoms with van der Waals surface area (Å²) in [6, 6.07) is 6.32. The summed E-state index contributed by atoms with van der Waals surface area (Å²) in [6.07, 6.45) is 2.49. The van der Waals surface area contributed by atoms with E-state index in [0.29, 0.717) is 11.3 Å². The van der Waals surface area contributed by atoms with Gasteiger partial charge in [0.2, 0.25) is 11.8 Å². The Morgan fingerprint density at radius 2 is 1.73 bits per heavy atom. The molecule has 0 spiro atoms. The van der Waals surface area contributed by atoms with Crippen molar-refractivity contribution in [3.63, 3.8) is 0 Å². The molecule has 1 saturated heterocycles. The molecule has 2 fully saturated rings. The fourth-order valence-electron chi connectivity index (χ4n) is 3.67. The molecule has 1 aromatic carbocycles. The van der Waals surface area contributed by atoms with Gasteiger partial charge in [0.1, 0.15) is 18.5 Å². The molecular formula is C19H23NO6. The van der Waals surface area contributed by atoms with Crippen LogP contribution >= 0.6 is 0 Å². The molecule has 0 aromatic heterocycles. The van der Waals surface area contributed by atoms with E-state index in [1.165, 1.54) is 12.0 Å². The molecule has 7 nitrogen and oxygen atoms in total. The van der Waals surface area contributed by atoms with Crippen LogP contribution in [0.2, 0.25) is 0 Å². The molecule has 1 saturated carbocycles. The lowest BCUT2D eigenvalue weighted by molar-refractivity contribution is -0.141. The third-order valence-electron chi connectivity index (χ3n) is 5.04. The summed E-state index contributed by atoms with van der Waals surface area (Å²) < 4.78 is 10.1. The van der Waals surface area contributed by atoms with Gasteiger partial charge in [0.25, 0.3) is 0 Å². The number of esters is 1. The van der Waals surface area contributed by atoms with E-state index in [2.05, 4.69) is 4.74 Å². The van der Waals surface area contributed by atoms with Crippen LogP contribution < -0.4 is 4.74 Å². The quantitative estimate of drug-likeness (QED) is 0.608. The Morgan fingerprint density at radius 3 is 2.27 bits per heavy atom. The molecule has 1 aliphatic carbocycles. The first-order valence-electron chi connectivity index (χ1n) is 8.85. The Balaban J connectivity index is 1.52. The van der Waals surface area contributed by atoms with Crippen molar-refractivity contribution in [2.75, 3.05) is 20.3 Å². The summed E-state index contributed by atoms with van der Waals surface area (Å²) in [5.74, 6) is -0.721. The number of fused-ring (bicyclic) bond motifs is 1. The predicted octanol–water partition coefficient (Wildman–Crippen LogP) is 1.39.